The smallest absolute Gasteiger partial charge is 0.354 e. The van der Waals surface area contributed by atoms with Crippen LogP contribution in [0.4, 0.5) is 0 Å². The second kappa shape index (κ2) is 4.74. The lowest BCUT2D eigenvalue weighted by molar-refractivity contribution is 0.0690. The number of benzene rings is 1. The summed E-state index contributed by atoms with van der Waals surface area (Å²) in [5, 5.41) is 9.53. The molecule has 1 aromatic carbocycles. The zero-order chi connectivity index (χ0) is 13.2. The molecule has 2 aromatic heterocycles. The van der Waals surface area contributed by atoms with Crippen LogP contribution in [0, 0.1) is 0 Å². The van der Waals surface area contributed by atoms with Crippen LogP contribution in [0.1, 0.15) is 10.5 Å². The van der Waals surface area contributed by atoms with E-state index >= 15 is 0 Å². The van der Waals surface area contributed by atoms with Crippen LogP contribution in [0.15, 0.2) is 52.6 Å². The highest BCUT2D eigenvalue weighted by molar-refractivity contribution is 7.99. The average molecular weight is 271 g/mol. The molecular weight excluding hydrogens is 262 g/mol. The number of carboxylic acid groups (broad SMARTS) is 1. The molecule has 0 saturated carbocycles. The van der Waals surface area contributed by atoms with E-state index in [1.54, 1.807) is 6.07 Å². The molecule has 0 radical (unpaired) electrons. The Hall–Kier alpha value is -2.34. The third-order valence-corrected chi connectivity index (χ3v) is 3.40. The normalized spacial score (nSPS) is 10.7. The standard InChI is InChI=1S/C13H9N3O2S/c17-12(18)11-6-5-8(7-14-11)19-13-15-9-3-1-2-4-10(9)16-13/h1-7H,(H,15,16)(H,17,18). The molecule has 0 aliphatic carbocycles. The number of nitrogens with one attached hydrogen (secondary N) is 1. The summed E-state index contributed by atoms with van der Waals surface area (Å²) in [5.74, 6) is -1.03. The molecule has 5 nitrogen and oxygen atoms in total. The van der Waals surface area contributed by atoms with Gasteiger partial charge in [0.25, 0.3) is 0 Å². The molecule has 0 aliphatic heterocycles. The predicted molar refractivity (Wildman–Crippen MR) is 71.4 cm³/mol. The maximum atomic E-state index is 10.7. The number of hydrogen-bond donors (Lipinski definition) is 2. The summed E-state index contributed by atoms with van der Waals surface area (Å²) in [4.78, 5) is 23.0. The van der Waals surface area contributed by atoms with Crippen LogP contribution < -0.4 is 0 Å². The van der Waals surface area contributed by atoms with E-state index < -0.39 is 5.97 Å². The summed E-state index contributed by atoms with van der Waals surface area (Å²) in [6.07, 6.45) is 1.53. The summed E-state index contributed by atoms with van der Waals surface area (Å²) >= 11 is 1.41. The lowest BCUT2D eigenvalue weighted by Gasteiger charge is -1.97. The minimum absolute atomic E-state index is 0.0361. The highest BCUT2D eigenvalue weighted by Gasteiger charge is 2.07. The molecule has 19 heavy (non-hydrogen) atoms. The number of aromatic carboxylic acids is 1. The van der Waals surface area contributed by atoms with Gasteiger partial charge in [0.2, 0.25) is 0 Å². The van der Waals surface area contributed by atoms with Gasteiger partial charge in [0.05, 0.1) is 11.0 Å². The Kier molecular flexibility index (Phi) is 2.92. The number of H-pyrrole nitrogens is 1. The molecule has 2 heterocycles. The molecule has 94 valence electrons. The Morgan fingerprint density at radius 2 is 2.05 bits per heavy atom. The quantitative estimate of drug-likeness (QED) is 0.765. The summed E-state index contributed by atoms with van der Waals surface area (Å²) in [6, 6.07) is 11.0. The van der Waals surface area contributed by atoms with Crippen molar-refractivity contribution in [2.45, 2.75) is 10.1 Å². The fourth-order valence-corrected chi connectivity index (χ4v) is 2.43. The Morgan fingerprint density at radius 1 is 1.21 bits per heavy atom. The summed E-state index contributed by atoms with van der Waals surface area (Å²) in [7, 11) is 0. The molecule has 0 atom stereocenters. The van der Waals surface area contributed by atoms with Crippen molar-refractivity contribution in [1.82, 2.24) is 15.0 Å². The number of aromatic amines is 1. The number of imidazole rings is 1. The number of aromatic nitrogens is 3. The molecule has 0 amide bonds. The van der Waals surface area contributed by atoms with Gasteiger partial charge in [-0.05, 0) is 24.3 Å². The number of nitrogens with zero attached hydrogens (tertiary/aromatic N) is 2. The zero-order valence-electron chi connectivity index (χ0n) is 9.70. The average Bonchev–Trinajstić information content (AvgIpc) is 2.81. The third-order valence-electron chi connectivity index (χ3n) is 2.54. The van der Waals surface area contributed by atoms with Crippen LogP contribution in [-0.2, 0) is 0 Å². The number of para-hydroxylation sites is 2. The minimum Gasteiger partial charge on any atom is -0.477 e. The van der Waals surface area contributed by atoms with Crippen molar-refractivity contribution in [1.29, 1.82) is 0 Å². The van der Waals surface area contributed by atoms with Crippen LogP contribution in [0.3, 0.4) is 0 Å². The first-order chi connectivity index (χ1) is 9.22. The van der Waals surface area contributed by atoms with Crippen LogP contribution in [0.5, 0.6) is 0 Å². The fourth-order valence-electron chi connectivity index (χ4n) is 1.66. The maximum Gasteiger partial charge on any atom is 0.354 e. The van der Waals surface area contributed by atoms with E-state index in [0.717, 1.165) is 21.1 Å². The molecule has 0 spiro atoms. The highest BCUT2D eigenvalue weighted by Crippen LogP contribution is 2.26. The first-order valence-corrected chi connectivity index (χ1v) is 6.36. The Bertz CT molecular complexity index is 704. The van der Waals surface area contributed by atoms with E-state index in [4.69, 9.17) is 5.11 Å². The number of hydrogen-bond acceptors (Lipinski definition) is 4. The van der Waals surface area contributed by atoms with Gasteiger partial charge in [0.1, 0.15) is 5.69 Å². The first-order valence-electron chi connectivity index (χ1n) is 5.54. The van der Waals surface area contributed by atoms with Crippen LogP contribution in [0.2, 0.25) is 0 Å². The van der Waals surface area contributed by atoms with Crippen molar-refractivity contribution in [2.24, 2.45) is 0 Å². The van der Waals surface area contributed by atoms with E-state index in [-0.39, 0.29) is 5.69 Å². The van der Waals surface area contributed by atoms with Crippen molar-refractivity contribution in [3.8, 4) is 0 Å². The maximum absolute atomic E-state index is 10.7. The lowest BCUT2D eigenvalue weighted by Crippen LogP contribution is -1.98. The molecule has 0 saturated heterocycles. The SMILES string of the molecule is O=C(O)c1ccc(Sc2nc3ccccc3[nH]2)cn1. The molecule has 0 aliphatic rings. The Labute approximate surface area is 112 Å². The van der Waals surface area contributed by atoms with Crippen LogP contribution >= 0.6 is 11.8 Å². The van der Waals surface area contributed by atoms with Gasteiger partial charge in [-0.1, -0.05) is 23.9 Å². The highest BCUT2D eigenvalue weighted by atomic mass is 32.2. The van der Waals surface area contributed by atoms with Crippen molar-refractivity contribution in [2.75, 3.05) is 0 Å². The first kappa shape index (κ1) is 11.7. The Balaban J connectivity index is 1.86. The van der Waals surface area contributed by atoms with Gasteiger partial charge in [-0.15, -0.1) is 0 Å². The van der Waals surface area contributed by atoms with Crippen LogP contribution in [-0.4, -0.2) is 26.0 Å². The molecule has 3 rings (SSSR count). The Morgan fingerprint density at radius 3 is 2.74 bits per heavy atom. The van der Waals surface area contributed by atoms with Crippen molar-refractivity contribution < 1.29 is 9.90 Å². The number of carboxylic acids is 1. The third kappa shape index (κ3) is 2.43. The molecule has 0 bridgehead atoms. The summed E-state index contributed by atoms with van der Waals surface area (Å²) in [5.41, 5.74) is 1.91. The number of pyridine rings is 1. The second-order valence-corrected chi connectivity index (χ2v) is 4.91. The van der Waals surface area contributed by atoms with Crippen LogP contribution in [0.25, 0.3) is 11.0 Å². The fraction of sp³-hybridized carbons (Fsp3) is 0. The van der Waals surface area contributed by atoms with Gasteiger partial charge in [0, 0.05) is 11.1 Å². The summed E-state index contributed by atoms with van der Waals surface area (Å²) < 4.78 is 0. The van der Waals surface area contributed by atoms with Gasteiger partial charge in [-0.25, -0.2) is 14.8 Å². The van der Waals surface area contributed by atoms with E-state index in [1.807, 2.05) is 24.3 Å². The molecular formula is C13H9N3O2S. The van der Waals surface area contributed by atoms with Gasteiger partial charge in [-0.2, -0.15) is 0 Å². The molecule has 3 aromatic rings. The van der Waals surface area contributed by atoms with Crippen molar-refractivity contribution in [3.63, 3.8) is 0 Å². The molecule has 2 N–H and O–H groups in total. The zero-order valence-corrected chi connectivity index (χ0v) is 10.5. The summed E-state index contributed by atoms with van der Waals surface area (Å²) in [6.45, 7) is 0. The van der Waals surface area contributed by atoms with Gasteiger partial charge in [-0.3, -0.25) is 0 Å². The van der Waals surface area contributed by atoms with Gasteiger partial charge in [0.15, 0.2) is 5.16 Å². The van der Waals surface area contributed by atoms with E-state index in [1.165, 1.54) is 24.0 Å². The van der Waals surface area contributed by atoms with E-state index in [2.05, 4.69) is 15.0 Å². The monoisotopic (exact) mass is 271 g/mol. The predicted octanol–water partition coefficient (Wildman–Crippen LogP) is 2.81. The number of fused-ring (bicyclic) bond motifs is 1. The number of rotatable bonds is 3. The van der Waals surface area contributed by atoms with Crippen molar-refractivity contribution >= 4 is 28.8 Å². The minimum atomic E-state index is -1.03. The molecule has 6 heteroatoms. The van der Waals surface area contributed by atoms with E-state index in [0.29, 0.717) is 0 Å². The second-order valence-electron chi connectivity index (χ2n) is 3.85. The van der Waals surface area contributed by atoms with Crippen molar-refractivity contribution in [3.05, 3.63) is 48.3 Å². The van der Waals surface area contributed by atoms with Gasteiger partial charge >= 0.3 is 5.97 Å². The number of carbonyl (C=O) groups is 1. The molecule has 0 unspecified atom stereocenters. The topological polar surface area (TPSA) is 78.9 Å². The molecule has 0 fully saturated rings. The van der Waals surface area contributed by atoms with Gasteiger partial charge < -0.3 is 10.1 Å². The lowest BCUT2D eigenvalue weighted by atomic mass is 10.3. The largest absolute Gasteiger partial charge is 0.477 e. The van der Waals surface area contributed by atoms with E-state index in [9.17, 15) is 4.79 Å².